The summed E-state index contributed by atoms with van der Waals surface area (Å²) in [6.07, 6.45) is 1.96. The van der Waals surface area contributed by atoms with Crippen LogP contribution in [0.1, 0.15) is 38.3 Å². The monoisotopic (exact) mass is 268 g/mol. The Hall–Kier alpha value is -1.62. The predicted octanol–water partition coefficient (Wildman–Crippen LogP) is 2.14. The average molecular weight is 268 g/mol. The molecular weight excluding hydrogens is 247 g/mol. The lowest BCUT2D eigenvalue weighted by Crippen LogP contribution is -2.29. The van der Waals surface area contributed by atoms with Crippen molar-refractivity contribution in [2.24, 2.45) is 5.73 Å². The number of hydrogen-bond acceptors (Lipinski definition) is 3. The smallest absolute Gasteiger partial charge is 0.257 e. The number of ether oxygens (including phenoxy) is 1. The van der Waals surface area contributed by atoms with Crippen LogP contribution >= 0.6 is 0 Å². The predicted molar refractivity (Wildman–Crippen MR) is 72.4 cm³/mol. The number of halogens is 1. The Bertz CT molecular complexity index is 422. The number of rotatable bonds is 7. The summed E-state index contributed by atoms with van der Waals surface area (Å²) >= 11 is 0. The van der Waals surface area contributed by atoms with Crippen molar-refractivity contribution in [1.29, 1.82) is 0 Å². The molecule has 1 rings (SSSR count). The molecule has 3 N–H and O–H groups in total. The van der Waals surface area contributed by atoms with Crippen LogP contribution in [0.4, 0.5) is 4.39 Å². The van der Waals surface area contributed by atoms with Crippen LogP contribution in [0.3, 0.4) is 0 Å². The van der Waals surface area contributed by atoms with E-state index in [0.717, 1.165) is 12.8 Å². The van der Waals surface area contributed by atoms with Crippen molar-refractivity contribution in [2.45, 2.75) is 32.7 Å². The number of amides is 1. The summed E-state index contributed by atoms with van der Waals surface area (Å²) in [7, 11) is 0. The maximum atomic E-state index is 13.1. The fourth-order valence-corrected chi connectivity index (χ4v) is 1.61. The van der Waals surface area contributed by atoms with E-state index in [9.17, 15) is 9.18 Å². The third kappa shape index (κ3) is 5.26. The first kappa shape index (κ1) is 15.4. The molecule has 0 heterocycles. The Labute approximate surface area is 113 Å². The first-order valence-corrected chi connectivity index (χ1v) is 6.49. The molecule has 0 aromatic heterocycles. The lowest BCUT2D eigenvalue weighted by Gasteiger charge is -2.14. The van der Waals surface area contributed by atoms with E-state index in [4.69, 9.17) is 10.5 Å². The highest BCUT2D eigenvalue weighted by Crippen LogP contribution is 2.24. The third-order valence-electron chi connectivity index (χ3n) is 2.67. The van der Waals surface area contributed by atoms with Crippen LogP contribution in [-0.4, -0.2) is 19.1 Å². The maximum Gasteiger partial charge on any atom is 0.257 e. The van der Waals surface area contributed by atoms with Crippen LogP contribution in [0.2, 0.25) is 0 Å². The molecule has 0 aliphatic carbocycles. The van der Waals surface area contributed by atoms with Gasteiger partial charge < -0.3 is 15.8 Å². The van der Waals surface area contributed by atoms with E-state index in [0.29, 0.717) is 17.9 Å². The number of carbonyl (C=O) groups is 1. The van der Waals surface area contributed by atoms with Crippen molar-refractivity contribution < 1.29 is 13.9 Å². The molecule has 0 fully saturated rings. The van der Waals surface area contributed by atoms with Crippen LogP contribution in [-0.2, 0) is 4.79 Å². The van der Waals surface area contributed by atoms with Crippen LogP contribution < -0.4 is 15.8 Å². The number of nitrogens with two attached hydrogens (primary N) is 1. The van der Waals surface area contributed by atoms with Gasteiger partial charge in [0.1, 0.15) is 11.6 Å². The van der Waals surface area contributed by atoms with Gasteiger partial charge in [0.25, 0.3) is 5.91 Å². The fourth-order valence-electron chi connectivity index (χ4n) is 1.61. The highest BCUT2D eigenvalue weighted by atomic mass is 19.1. The lowest BCUT2D eigenvalue weighted by molar-refractivity contribution is -0.123. The van der Waals surface area contributed by atoms with E-state index in [2.05, 4.69) is 12.2 Å². The Morgan fingerprint density at radius 3 is 2.89 bits per heavy atom. The zero-order valence-electron chi connectivity index (χ0n) is 11.4. The van der Waals surface area contributed by atoms with Gasteiger partial charge in [-0.1, -0.05) is 13.3 Å². The minimum Gasteiger partial charge on any atom is -0.483 e. The summed E-state index contributed by atoms with van der Waals surface area (Å²) < 4.78 is 18.5. The SMILES string of the molecule is CCCCNC(=O)COc1ccc(F)cc1[C@@H](C)N. The fraction of sp³-hybridized carbons (Fsp3) is 0.500. The highest BCUT2D eigenvalue weighted by molar-refractivity contribution is 5.77. The summed E-state index contributed by atoms with van der Waals surface area (Å²) in [5, 5.41) is 2.74. The first-order chi connectivity index (χ1) is 9.04. The van der Waals surface area contributed by atoms with Crippen molar-refractivity contribution in [3.63, 3.8) is 0 Å². The van der Waals surface area contributed by atoms with Gasteiger partial charge in [0.05, 0.1) is 0 Å². The second kappa shape index (κ2) is 7.74. The minimum absolute atomic E-state index is 0.0882. The van der Waals surface area contributed by atoms with E-state index in [1.165, 1.54) is 18.2 Å². The second-order valence-electron chi connectivity index (χ2n) is 4.46. The van der Waals surface area contributed by atoms with Crippen molar-refractivity contribution >= 4 is 5.91 Å². The van der Waals surface area contributed by atoms with Crippen molar-refractivity contribution in [1.82, 2.24) is 5.32 Å². The lowest BCUT2D eigenvalue weighted by atomic mass is 10.1. The van der Waals surface area contributed by atoms with E-state index in [1.807, 2.05) is 0 Å². The first-order valence-electron chi connectivity index (χ1n) is 6.49. The Morgan fingerprint density at radius 2 is 2.26 bits per heavy atom. The topological polar surface area (TPSA) is 64.3 Å². The second-order valence-corrected chi connectivity index (χ2v) is 4.46. The molecule has 0 aliphatic rings. The molecule has 1 aromatic carbocycles. The van der Waals surface area contributed by atoms with E-state index >= 15 is 0 Å². The van der Waals surface area contributed by atoms with Crippen LogP contribution in [0.5, 0.6) is 5.75 Å². The number of benzene rings is 1. The molecule has 1 aromatic rings. The molecule has 0 unspecified atom stereocenters. The molecule has 0 radical (unpaired) electrons. The third-order valence-corrected chi connectivity index (χ3v) is 2.67. The molecule has 106 valence electrons. The summed E-state index contributed by atoms with van der Waals surface area (Å²) in [5.41, 5.74) is 6.30. The number of nitrogens with one attached hydrogen (secondary N) is 1. The molecule has 0 spiro atoms. The quantitative estimate of drug-likeness (QED) is 0.745. The number of hydrogen-bond donors (Lipinski definition) is 2. The van der Waals surface area contributed by atoms with Crippen LogP contribution in [0.25, 0.3) is 0 Å². The van der Waals surface area contributed by atoms with Gasteiger partial charge in [-0.3, -0.25) is 4.79 Å². The van der Waals surface area contributed by atoms with Gasteiger partial charge in [0.2, 0.25) is 0 Å². The van der Waals surface area contributed by atoms with Gasteiger partial charge in [0, 0.05) is 18.2 Å². The molecule has 1 amide bonds. The van der Waals surface area contributed by atoms with Crippen molar-refractivity contribution in [3.05, 3.63) is 29.6 Å². The van der Waals surface area contributed by atoms with Gasteiger partial charge in [0.15, 0.2) is 6.61 Å². The Kier molecular flexibility index (Phi) is 6.29. The summed E-state index contributed by atoms with van der Waals surface area (Å²) in [6.45, 7) is 4.34. The molecule has 0 saturated carbocycles. The molecule has 0 saturated heterocycles. The van der Waals surface area contributed by atoms with Crippen molar-refractivity contribution in [3.8, 4) is 5.75 Å². The standard InChI is InChI=1S/C14H21FN2O2/c1-3-4-7-17-14(18)9-19-13-6-5-11(15)8-12(13)10(2)16/h5-6,8,10H,3-4,7,9,16H2,1-2H3,(H,17,18)/t10-/m1/s1. The molecule has 1 atom stereocenters. The molecule has 0 bridgehead atoms. The molecular formula is C14H21FN2O2. The molecule has 5 heteroatoms. The zero-order chi connectivity index (χ0) is 14.3. The minimum atomic E-state index is -0.368. The summed E-state index contributed by atoms with van der Waals surface area (Å²) in [6, 6.07) is 3.76. The summed E-state index contributed by atoms with van der Waals surface area (Å²) in [5.74, 6) is -0.109. The van der Waals surface area contributed by atoms with Crippen molar-refractivity contribution in [2.75, 3.05) is 13.2 Å². The van der Waals surface area contributed by atoms with E-state index in [-0.39, 0.29) is 24.4 Å². The number of carbonyl (C=O) groups excluding carboxylic acids is 1. The molecule has 19 heavy (non-hydrogen) atoms. The van der Waals surface area contributed by atoms with Crippen LogP contribution in [0.15, 0.2) is 18.2 Å². The van der Waals surface area contributed by atoms with Gasteiger partial charge in [-0.2, -0.15) is 0 Å². The van der Waals surface area contributed by atoms with Gasteiger partial charge in [-0.15, -0.1) is 0 Å². The average Bonchev–Trinajstić information content (AvgIpc) is 2.37. The Morgan fingerprint density at radius 1 is 1.53 bits per heavy atom. The molecule has 4 nitrogen and oxygen atoms in total. The van der Waals surface area contributed by atoms with E-state index in [1.54, 1.807) is 6.92 Å². The largest absolute Gasteiger partial charge is 0.483 e. The normalized spacial score (nSPS) is 12.0. The maximum absolute atomic E-state index is 13.1. The number of unbranched alkanes of at least 4 members (excludes halogenated alkanes) is 1. The summed E-state index contributed by atoms with van der Waals surface area (Å²) in [4.78, 5) is 11.5. The highest BCUT2D eigenvalue weighted by Gasteiger charge is 2.11. The van der Waals surface area contributed by atoms with Gasteiger partial charge in [-0.05, 0) is 31.5 Å². The Balaban J connectivity index is 2.55. The molecule has 0 aliphatic heterocycles. The van der Waals surface area contributed by atoms with Crippen LogP contribution in [0, 0.1) is 5.82 Å². The van der Waals surface area contributed by atoms with E-state index < -0.39 is 0 Å². The van der Waals surface area contributed by atoms with Gasteiger partial charge in [-0.25, -0.2) is 4.39 Å². The van der Waals surface area contributed by atoms with Gasteiger partial charge >= 0.3 is 0 Å². The zero-order valence-corrected chi connectivity index (χ0v) is 11.4.